The summed E-state index contributed by atoms with van der Waals surface area (Å²) in [6.45, 7) is 5.41. The molecule has 1 saturated heterocycles. The maximum atomic E-state index is 13.9. The van der Waals surface area contributed by atoms with Crippen LogP contribution in [0.25, 0.3) is 11.1 Å². The predicted octanol–water partition coefficient (Wildman–Crippen LogP) is 7.02. The zero-order valence-corrected chi connectivity index (χ0v) is 20.4. The lowest BCUT2D eigenvalue weighted by Crippen LogP contribution is -2.29. The highest BCUT2D eigenvalue weighted by Gasteiger charge is 2.35. The van der Waals surface area contributed by atoms with E-state index in [1.54, 1.807) is 6.07 Å². The summed E-state index contributed by atoms with van der Waals surface area (Å²) in [6.07, 6.45) is -1.11. The summed E-state index contributed by atoms with van der Waals surface area (Å²) < 4.78 is 58.8. The summed E-state index contributed by atoms with van der Waals surface area (Å²) in [5.74, 6) is 1.26. The van der Waals surface area contributed by atoms with Crippen molar-refractivity contribution < 1.29 is 27.4 Å². The molecule has 1 fully saturated rings. The summed E-state index contributed by atoms with van der Waals surface area (Å²) >= 11 is 0. The molecule has 0 N–H and O–H groups in total. The van der Waals surface area contributed by atoms with Crippen LogP contribution in [-0.2, 0) is 19.3 Å². The molecule has 2 aliphatic rings. The van der Waals surface area contributed by atoms with Crippen molar-refractivity contribution in [2.75, 3.05) is 26.3 Å². The SMILES string of the molecule is Cc1c(COc2ccc(CN3CCCCC3)cc2C(F)(F)F)cccc1-c1ccc2c(c1)OCCO2. The Morgan fingerprint density at radius 1 is 0.889 bits per heavy atom. The van der Waals surface area contributed by atoms with Crippen molar-refractivity contribution in [3.05, 3.63) is 76.9 Å². The van der Waals surface area contributed by atoms with Gasteiger partial charge in [0.2, 0.25) is 0 Å². The number of rotatable bonds is 6. The first-order valence-electron chi connectivity index (χ1n) is 12.4. The molecule has 0 aliphatic carbocycles. The minimum absolute atomic E-state index is 0.0405. The zero-order valence-electron chi connectivity index (χ0n) is 20.4. The molecule has 0 unspecified atom stereocenters. The van der Waals surface area contributed by atoms with Crippen LogP contribution in [-0.4, -0.2) is 31.2 Å². The summed E-state index contributed by atoms with van der Waals surface area (Å²) in [6, 6.07) is 16.0. The highest BCUT2D eigenvalue weighted by Crippen LogP contribution is 2.39. The third-order valence-corrected chi connectivity index (χ3v) is 6.89. The van der Waals surface area contributed by atoms with Gasteiger partial charge in [-0.2, -0.15) is 13.2 Å². The van der Waals surface area contributed by atoms with Gasteiger partial charge in [0.1, 0.15) is 25.6 Å². The highest BCUT2D eigenvalue weighted by molar-refractivity contribution is 5.71. The van der Waals surface area contributed by atoms with Crippen molar-refractivity contribution in [2.45, 2.75) is 45.5 Å². The number of hydrogen-bond acceptors (Lipinski definition) is 4. The maximum absolute atomic E-state index is 13.9. The Bertz CT molecular complexity index is 1220. The molecule has 2 heterocycles. The first-order chi connectivity index (χ1) is 17.4. The predicted molar refractivity (Wildman–Crippen MR) is 133 cm³/mol. The van der Waals surface area contributed by atoms with E-state index in [0.29, 0.717) is 36.8 Å². The van der Waals surface area contributed by atoms with Crippen molar-refractivity contribution in [3.63, 3.8) is 0 Å². The Kier molecular flexibility index (Phi) is 7.10. The van der Waals surface area contributed by atoms with Gasteiger partial charge in [0.05, 0.1) is 5.56 Å². The summed E-state index contributed by atoms with van der Waals surface area (Å²) in [7, 11) is 0. The topological polar surface area (TPSA) is 30.9 Å². The molecular weight excluding hydrogens is 467 g/mol. The largest absolute Gasteiger partial charge is 0.488 e. The van der Waals surface area contributed by atoms with Crippen LogP contribution in [0.3, 0.4) is 0 Å². The Morgan fingerprint density at radius 3 is 2.44 bits per heavy atom. The van der Waals surface area contributed by atoms with Crippen LogP contribution < -0.4 is 14.2 Å². The number of halogens is 3. The second kappa shape index (κ2) is 10.4. The normalized spacial score (nSPS) is 16.1. The van der Waals surface area contributed by atoms with E-state index in [0.717, 1.165) is 48.2 Å². The Labute approximate surface area is 209 Å². The fourth-order valence-corrected chi connectivity index (χ4v) is 4.92. The van der Waals surface area contributed by atoms with Crippen LogP contribution in [0.15, 0.2) is 54.6 Å². The van der Waals surface area contributed by atoms with Crippen molar-refractivity contribution in [1.29, 1.82) is 0 Å². The van der Waals surface area contributed by atoms with Crippen LogP contribution in [0.1, 0.15) is 41.5 Å². The first kappa shape index (κ1) is 24.5. The van der Waals surface area contributed by atoms with Gasteiger partial charge in [0, 0.05) is 6.54 Å². The molecule has 0 radical (unpaired) electrons. The Hall–Kier alpha value is -3.19. The van der Waals surface area contributed by atoms with Crippen LogP contribution in [0, 0.1) is 6.92 Å². The van der Waals surface area contributed by atoms with Crippen LogP contribution in [0.2, 0.25) is 0 Å². The molecule has 3 aromatic rings. The summed E-state index contributed by atoms with van der Waals surface area (Å²) in [5, 5.41) is 0. The third-order valence-electron chi connectivity index (χ3n) is 6.89. The molecule has 5 rings (SSSR count). The van der Waals surface area contributed by atoms with Crippen LogP contribution in [0.4, 0.5) is 13.2 Å². The van der Waals surface area contributed by atoms with Gasteiger partial charge >= 0.3 is 6.18 Å². The van der Waals surface area contributed by atoms with Gasteiger partial charge in [-0.3, -0.25) is 4.90 Å². The number of nitrogens with zero attached hydrogens (tertiary/aromatic N) is 1. The third kappa shape index (κ3) is 5.46. The quantitative estimate of drug-likeness (QED) is 0.366. The van der Waals surface area contributed by atoms with E-state index in [2.05, 4.69) is 4.90 Å². The zero-order chi connectivity index (χ0) is 25.1. The van der Waals surface area contributed by atoms with Gasteiger partial charge in [0.25, 0.3) is 0 Å². The average Bonchev–Trinajstić information content (AvgIpc) is 2.88. The van der Waals surface area contributed by atoms with Crippen molar-refractivity contribution >= 4 is 0 Å². The molecule has 4 nitrogen and oxygen atoms in total. The molecular formula is C29H30F3NO3. The van der Waals surface area contributed by atoms with Crippen molar-refractivity contribution in [1.82, 2.24) is 4.90 Å². The first-order valence-corrected chi connectivity index (χ1v) is 12.4. The molecule has 3 aromatic carbocycles. The van der Waals surface area contributed by atoms with E-state index < -0.39 is 11.7 Å². The van der Waals surface area contributed by atoms with Crippen molar-refractivity contribution in [2.24, 2.45) is 0 Å². The van der Waals surface area contributed by atoms with Gasteiger partial charge in [0.15, 0.2) is 11.5 Å². The molecule has 190 valence electrons. The lowest BCUT2D eigenvalue weighted by atomic mass is 9.96. The monoisotopic (exact) mass is 497 g/mol. The minimum Gasteiger partial charge on any atom is -0.488 e. The number of fused-ring (bicyclic) bond motifs is 1. The molecule has 0 saturated carbocycles. The Morgan fingerprint density at radius 2 is 1.67 bits per heavy atom. The lowest BCUT2D eigenvalue weighted by molar-refractivity contribution is -0.139. The van der Waals surface area contributed by atoms with Crippen LogP contribution >= 0.6 is 0 Å². The smallest absolute Gasteiger partial charge is 0.419 e. The van der Waals surface area contributed by atoms with E-state index in [9.17, 15) is 13.2 Å². The van der Waals surface area contributed by atoms with Gasteiger partial charge < -0.3 is 14.2 Å². The number of piperidine rings is 1. The maximum Gasteiger partial charge on any atom is 0.419 e. The summed E-state index contributed by atoms with van der Waals surface area (Å²) in [4.78, 5) is 2.21. The molecule has 0 atom stereocenters. The molecule has 0 spiro atoms. The summed E-state index contributed by atoms with van der Waals surface area (Å²) in [5.41, 5.74) is 3.64. The van der Waals surface area contributed by atoms with Gasteiger partial charge in [-0.25, -0.2) is 0 Å². The minimum atomic E-state index is -4.49. The lowest BCUT2D eigenvalue weighted by Gasteiger charge is -2.27. The molecule has 0 aromatic heterocycles. The number of likely N-dealkylation sites (tertiary alicyclic amines) is 1. The van der Waals surface area contributed by atoms with Crippen molar-refractivity contribution in [3.8, 4) is 28.4 Å². The van der Waals surface area contributed by atoms with Gasteiger partial charge in [-0.1, -0.05) is 36.8 Å². The Balaban J connectivity index is 1.35. The number of alkyl halides is 3. The fraction of sp³-hybridized carbons (Fsp3) is 0.379. The number of hydrogen-bond donors (Lipinski definition) is 0. The second-order valence-electron chi connectivity index (χ2n) is 9.40. The highest BCUT2D eigenvalue weighted by atomic mass is 19.4. The second-order valence-corrected chi connectivity index (χ2v) is 9.40. The standard InChI is InChI=1S/C29H30F3NO3/c1-20-23(6-5-7-24(20)22-9-11-27-28(17-22)35-15-14-34-27)19-36-26-10-8-21(16-25(26)29(30,31)32)18-33-12-3-2-4-13-33/h5-11,16-17H,2-4,12-15,18-19H2,1H3. The molecule has 0 amide bonds. The molecule has 2 aliphatic heterocycles. The molecule has 7 heteroatoms. The molecule has 36 heavy (non-hydrogen) atoms. The van der Waals surface area contributed by atoms with Crippen LogP contribution in [0.5, 0.6) is 17.2 Å². The van der Waals surface area contributed by atoms with E-state index >= 15 is 0 Å². The van der Waals surface area contributed by atoms with Gasteiger partial charge in [-0.15, -0.1) is 0 Å². The van der Waals surface area contributed by atoms with E-state index in [4.69, 9.17) is 14.2 Å². The van der Waals surface area contributed by atoms with Gasteiger partial charge in [-0.05, 0) is 84.9 Å². The molecule has 0 bridgehead atoms. The fourth-order valence-electron chi connectivity index (χ4n) is 4.92. The van der Waals surface area contributed by atoms with E-state index in [-0.39, 0.29) is 12.4 Å². The van der Waals surface area contributed by atoms with E-state index in [1.165, 1.54) is 18.6 Å². The number of benzene rings is 3. The number of ether oxygens (including phenoxy) is 3. The average molecular weight is 498 g/mol. The van der Waals surface area contributed by atoms with E-state index in [1.807, 2.05) is 43.3 Å².